The number of hydrogen-bond acceptors (Lipinski definition) is 6. The number of amides is 1. The number of carbonyl (C=O) groups is 2. The fourth-order valence-corrected chi connectivity index (χ4v) is 3.77. The fraction of sp³-hybridized carbons (Fsp3) is 0.278. The van der Waals surface area contributed by atoms with E-state index in [4.69, 9.17) is 21.1 Å². The van der Waals surface area contributed by atoms with E-state index in [1.165, 1.54) is 25.4 Å². The summed E-state index contributed by atoms with van der Waals surface area (Å²) in [4.78, 5) is 26.1. The fourth-order valence-electron chi connectivity index (χ4n) is 2.59. The monoisotopic (exact) mass is 407 g/mol. The molecule has 1 aromatic carbocycles. The van der Waals surface area contributed by atoms with E-state index >= 15 is 0 Å². The summed E-state index contributed by atoms with van der Waals surface area (Å²) in [5, 5.41) is 8.31. The number of methoxy groups -OCH3 is 1. The van der Waals surface area contributed by atoms with Crippen LogP contribution in [0.5, 0.6) is 5.75 Å². The maximum Gasteiger partial charge on any atom is 0.349 e. The molecule has 27 heavy (non-hydrogen) atoms. The summed E-state index contributed by atoms with van der Waals surface area (Å²) in [6.07, 6.45) is -0.995. The number of fused-ring (bicyclic) bond motifs is 1. The first kappa shape index (κ1) is 19.2. The van der Waals surface area contributed by atoms with Crippen LogP contribution in [0.1, 0.15) is 22.3 Å². The first-order valence-electron chi connectivity index (χ1n) is 8.08. The van der Waals surface area contributed by atoms with Crippen molar-refractivity contribution in [2.24, 2.45) is 7.05 Å². The standard InChI is InChI=1S/C18H18ClN3O4S/c1-9-12-8-15(27-17(12)22(3)21-9)18(24)26-10(2)16(23)20-13-7-11(19)5-6-14(13)25-4/h5-8,10H,1-4H3,(H,20,23). The number of benzene rings is 1. The van der Waals surface area contributed by atoms with E-state index in [1.54, 1.807) is 28.9 Å². The van der Waals surface area contributed by atoms with Gasteiger partial charge in [0.2, 0.25) is 0 Å². The van der Waals surface area contributed by atoms with Crippen molar-refractivity contribution in [3.63, 3.8) is 0 Å². The van der Waals surface area contributed by atoms with E-state index in [1.807, 2.05) is 14.0 Å². The predicted octanol–water partition coefficient (Wildman–Crippen LogP) is 3.79. The molecule has 142 valence electrons. The van der Waals surface area contributed by atoms with Crippen LogP contribution in [0.15, 0.2) is 24.3 Å². The number of rotatable bonds is 5. The Morgan fingerprint density at radius 1 is 1.33 bits per heavy atom. The number of hydrogen-bond donors (Lipinski definition) is 1. The Morgan fingerprint density at radius 3 is 2.74 bits per heavy atom. The van der Waals surface area contributed by atoms with E-state index < -0.39 is 18.0 Å². The lowest BCUT2D eigenvalue weighted by Gasteiger charge is -2.15. The summed E-state index contributed by atoms with van der Waals surface area (Å²) in [5.74, 6) is -0.585. The first-order chi connectivity index (χ1) is 12.8. The molecule has 7 nitrogen and oxygen atoms in total. The molecule has 0 saturated heterocycles. The zero-order chi connectivity index (χ0) is 19.7. The van der Waals surface area contributed by atoms with Gasteiger partial charge in [0.1, 0.15) is 15.5 Å². The van der Waals surface area contributed by atoms with Crippen molar-refractivity contribution >= 4 is 50.7 Å². The lowest BCUT2D eigenvalue weighted by atomic mass is 10.2. The summed E-state index contributed by atoms with van der Waals surface area (Å²) in [7, 11) is 3.30. The Bertz CT molecular complexity index is 993. The number of aryl methyl sites for hydroxylation is 2. The average molecular weight is 408 g/mol. The molecule has 0 aliphatic heterocycles. The SMILES string of the molecule is COc1ccc(Cl)cc1NC(=O)C(C)OC(=O)c1cc2c(C)nn(C)c2s1. The lowest BCUT2D eigenvalue weighted by molar-refractivity contribution is -0.123. The van der Waals surface area contributed by atoms with Gasteiger partial charge in [-0.05, 0) is 38.1 Å². The minimum Gasteiger partial charge on any atom is -0.495 e. The minimum atomic E-state index is -0.995. The van der Waals surface area contributed by atoms with Crippen molar-refractivity contribution in [3.8, 4) is 5.75 Å². The molecular weight excluding hydrogens is 390 g/mol. The summed E-state index contributed by atoms with van der Waals surface area (Å²) in [5.41, 5.74) is 1.24. The molecule has 1 unspecified atom stereocenters. The van der Waals surface area contributed by atoms with Crippen molar-refractivity contribution in [2.75, 3.05) is 12.4 Å². The number of esters is 1. The number of halogens is 1. The van der Waals surface area contributed by atoms with Gasteiger partial charge in [-0.1, -0.05) is 11.6 Å². The molecule has 0 saturated carbocycles. The molecule has 0 radical (unpaired) electrons. The molecule has 3 aromatic rings. The predicted molar refractivity (Wildman–Crippen MR) is 105 cm³/mol. The zero-order valence-electron chi connectivity index (χ0n) is 15.2. The highest BCUT2D eigenvalue weighted by molar-refractivity contribution is 7.20. The van der Waals surface area contributed by atoms with Crippen LogP contribution in [0.4, 0.5) is 5.69 Å². The van der Waals surface area contributed by atoms with Gasteiger partial charge < -0.3 is 14.8 Å². The molecule has 1 N–H and O–H groups in total. The highest BCUT2D eigenvalue weighted by Gasteiger charge is 2.22. The number of thiophene rings is 1. The molecule has 0 aliphatic rings. The molecule has 0 aliphatic carbocycles. The third kappa shape index (κ3) is 3.91. The van der Waals surface area contributed by atoms with Crippen molar-refractivity contribution in [1.82, 2.24) is 9.78 Å². The van der Waals surface area contributed by atoms with Crippen LogP contribution in [0.2, 0.25) is 5.02 Å². The molecule has 2 aromatic heterocycles. The van der Waals surface area contributed by atoms with Crippen LogP contribution < -0.4 is 10.1 Å². The van der Waals surface area contributed by atoms with Gasteiger partial charge >= 0.3 is 5.97 Å². The normalized spacial score (nSPS) is 12.0. The van der Waals surface area contributed by atoms with Crippen molar-refractivity contribution in [2.45, 2.75) is 20.0 Å². The Balaban J connectivity index is 1.71. The summed E-state index contributed by atoms with van der Waals surface area (Å²) in [6.45, 7) is 3.38. The van der Waals surface area contributed by atoms with Crippen LogP contribution >= 0.6 is 22.9 Å². The Labute approximate surface area is 164 Å². The van der Waals surface area contributed by atoms with E-state index in [2.05, 4.69) is 10.4 Å². The van der Waals surface area contributed by atoms with E-state index in [0.717, 1.165) is 15.9 Å². The molecule has 1 amide bonds. The van der Waals surface area contributed by atoms with Crippen molar-refractivity contribution in [3.05, 3.63) is 39.9 Å². The molecule has 0 spiro atoms. The van der Waals surface area contributed by atoms with Gasteiger partial charge in [-0.25, -0.2) is 4.79 Å². The van der Waals surface area contributed by atoms with Crippen LogP contribution in [-0.4, -0.2) is 34.9 Å². The second kappa shape index (κ2) is 7.58. The van der Waals surface area contributed by atoms with Gasteiger partial charge in [-0.15, -0.1) is 11.3 Å². The van der Waals surface area contributed by atoms with Gasteiger partial charge in [0, 0.05) is 17.5 Å². The first-order valence-corrected chi connectivity index (χ1v) is 9.28. The number of anilines is 1. The van der Waals surface area contributed by atoms with Crippen LogP contribution in [0.3, 0.4) is 0 Å². The second-order valence-corrected chi connectivity index (χ2v) is 7.39. The van der Waals surface area contributed by atoms with Crippen molar-refractivity contribution < 1.29 is 19.1 Å². The van der Waals surface area contributed by atoms with Crippen LogP contribution in [0, 0.1) is 6.92 Å². The highest BCUT2D eigenvalue weighted by atomic mass is 35.5. The third-order valence-electron chi connectivity index (χ3n) is 3.97. The Morgan fingerprint density at radius 2 is 2.07 bits per heavy atom. The van der Waals surface area contributed by atoms with Gasteiger partial charge in [-0.2, -0.15) is 5.10 Å². The average Bonchev–Trinajstić information content (AvgIpc) is 3.17. The lowest BCUT2D eigenvalue weighted by Crippen LogP contribution is -2.30. The second-order valence-electron chi connectivity index (χ2n) is 5.92. The minimum absolute atomic E-state index is 0.404. The Kier molecular flexibility index (Phi) is 5.38. The third-order valence-corrected chi connectivity index (χ3v) is 5.39. The van der Waals surface area contributed by atoms with E-state index in [-0.39, 0.29) is 0 Å². The summed E-state index contributed by atoms with van der Waals surface area (Å²) < 4.78 is 12.2. The maximum absolute atomic E-state index is 12.4. The topological polar surface area (TPSA) is 82.4 Å². The number of carbonyl (C=O) groups excluding carboxylic acids is 2. The molecule has 9 heteroatoms. The van der Waals surface area contributed by atoms with Gasteiger partial charge in [-0.3, -0.25) is 9.48 Å². The van der Waals surface area contributed by atoms with Crippen molar-refractivity contribution in [1.29, 1.82) is 0 Å². The van der Waals surface area contributed by atoms with Gasteiger partial charge in [0.05, 0.1) is 18.5 Å². The summed E-state index contributed by atoms with van der Waals surface area (Å²) in [6, 6.07) is 6.59. The molecule has 1 atom stereocenters. The van der Waals surface area contributed by atoms with Gasteiger partial charge in [0.25, 0.3) is 5.91 Å². The molecule has 0 bridgehead atoms. The Hall–Kier alpha value is -2.58. The smallest absolute Gasteiger partial charge is 0.349 e. The maximum atomic E-state index is 12.4. The van der Waals surface area contributed by atoms with Crippen LogP contribution in [0.25, 0.3) is 10.2 Å². The molecule has 2 heterocycles. The molecule has 3 rings (SSSR count). The number of aromatic nitrogens is 2. The zero-order valence-corrected chi connectivity index (χ0v) is 16.8. The summed E-state index contributed by atoms with van der Waals surface area (Å²) >= 11 is 7.23. The van der Waals surface area contributed by atoms with Gasteiger partial charge in [0.15, 0.2) is 6.10 Å². The van der Waals surface area contributed by atoms with E-state index in [9.17, 15) is 9.59 Å². The number of ether oxygens (including phenoxy) is 2. The molecule has 0 fully saturated rings. The van der Waals surface area contributed by atoms with Crippen LogP contribution in [-0.2, 0) is 16.6 Å². The quantitative estimate of drug-likeness (QED) is 0.650. The number of nitrogens with one attached hydrogen (secondary N) is 1. The number of nitrogens with zero attached hydrogens (tertiary/aromatic N) is 2. The molecular formula is C18H18ClN3O4S. The highest BCUT2D eigenvalue weighted by Crippen LogP contribution is 2.29. The largest absolute Gasteiger partial charge is 0.495 e. The van der Waals surface area contributed by atoms with E-state index in [0.29, 0.717) is 21.3 Å².